The van der Waals surface area contributed by atoms with Gasteiger partial charge >= 0.3 is 0 Å². The Hall–Kier alpha value is -1.09. The largest absolute Gasteiger partial charge is 0.360 e. The minimum Gasteiger partial charge on any atom is -0.360 e. The fourth-order valence-corrected chi connectivity index (χ4v) is 2.79. The number of benzene rings is 1. The summed E-state index contributed by atoms with van der Waals surface area (Å²) < 4.78 is 0. The normalized spacial score (nSPS) is 24.1. The molecule has 0 bridgehead atoms. The Morgan fingerprint density at radius 1 is 1.11 bits per heavy atom. The third kappa shape index (κ3) is 4.30. The van der Waals surface area contributed by atoms with E-state index in [9.17, 15) is 0 Å². The molecule has 2 rings (SSSR count). The summed E-state index contributed by atoms with van der Waals surface area (Å²) in [6.45, 7) is 2.35. The molecule has 1 saturated carbocycles. The van der Waals surface area contributed by atoms with Crippen molar-refractivity contribution in [3.63, 3.8) is 0 Å². The zero-order valence-electron chi connectivity index (χ0n) is 11.0. The summed E-state index contributed by atoms with van der Waals surface area (Å²) in [6.07, 6.45) is 6.45. The van der Waals surface area contributed by atoms with Gasteiger partial charge in [-0.05, 0) is 49.5 Å². The Labute approximate surface area is 115 Å². The van der Waals surface area contributed by atoms with Crippen LogP contribution in [0.1, 0.15) is 39.0 Å². The molecule has 98 valence electrons. The van der Waals surface area contributed by atoms with Gasteiger partial charge in [-0.25, -0.2) is 0 Å². The van der Waals surface area contributed by atoms with Crippen LogP contribution in [0.5, 0.6) is 0 Å². The van der Waals surface area contributed by atoms with Crippen LogP contribution in [0.4, 0.5) is 5.69 Å². The van der Waals surface area contributed by atoms with Gasteiger partial charge in [0.2, 0.25) is 0 Å². The van der Waals surface area contributed by atoms with Crippen molar-refractivity contribution in [1.29, 1.82) is 0 Å². The van der Waals surface area contributed by atoms with Crippen molar-refractivity contribution in [2.75, 3.05) is 5.32 Å². The number of hydrogen-bond donors (Lipinski definition) is 2. The highest BCUT2D eigenvalue weighted by Crippen LogP contribution is 2.22. The van der Waals surface area contributed by atoms with Crippen molar-refractivity contribution in [3.05, 3.63) is 30.3 Å². The van der Waals surface area contributed by atoms with Gasteiger partial charge in [0.1, 0.15) is 0 Å². The Morgan fingerprint density at radius 2 is 1.89 bits per heavy atom. The molecule has 2 unspecified atom stereocenters. The lowest BCUT2D eigenvalue weighted by Gasteiger charge is -2.19. The number of thiocarbonyl (C=S) groups is 1. The topological polar surface area (TPSA) is 24.1 Å². The molecule has 1 aliphatic rings. The highest BCUT2D eigenvalue weighted by Gasteiger charge is 2.16. The summed E-state index contributed by atoms with van der Waals surface area (Å²) in [5.41, 5.74) is 1.05. The standard InChI is InChI=1S/C15H22N2S/c1-12-6-5-9-14(11-10-12)17-15(18)16-13-7-3-2-4-8-13/h2-4,7-8,12,14H,5-6,9-11H2,1H3,(H2,16,17,18). The first-order valence-corrected chi connectivity index (χ1v) is 7.27. The van der Waals surface area contributed by atoms with Crippen LogP contribution in [-0.2, 0) is 0 Å². The quantitative estimate of drug-likeness (QED) is 0.623. The lowest BCUT2D eigenvalue weighted by Crippen LogP contribution is -2.37. The van der Waals surface area contributed by atoms with Crippen molar-refractivity contribution < 1.29 is 0 Å². The van der Waals surface area contributed by atoms with Crippen LogP contribution in [0.15, 0.2) is 30.3 Å². The number of hydrogen-bond acceptors (Lipinski definition) is 1. The minimum absolute atomic E-state index is 0.540. The molecular weight excluding hydrogens is 240 g/mol. The van der Waals surface area contributed by atoms with Crippen LogP contribution in [0.2, 0.25) is 0 Å². The highest BCUT2D eigenvalue weighted by atomic mass is 32.1. The average molecular weight is 262 g/mol. The summed E-state index contributed by atoms with van der Waals surface area (Å²) in [5, 5.41) is 7.44. The van der Waals surface area contributed by atoms with E-state index in [0.717, 1.165) is 16.7 Å². The fourth-order valence-electron chi connectivity index (χ4n) is 2.51. The van der Waals surface area contributed by atoms with Gasteiger partial charge in [0, 0.05) is 11.7 Å². The van der Waals surface area contributed by atoms with Gasteiger partial charge in [-0.3, -0.25) is 0 Å². The first kappa shape index (κ1) is 13.3. The van der Waals surface area contributed by atoms with E-state index < -0.39 is 0 Å². The van der Waals surface area contributed by atoms with E-state index in [1.165, 1.54) is 32.1 Å². The Morgan fingerprint density at radius 3 is 2.67 bits per heavy atom. The minimum atomic E-state index is 0.540. The van der Waals surface area contributed by atoms with Crippen LogP contribution >= 0.6 is 12.2 Å². The summed E-state index contributed by atoms with van der Waals surface area (Å²) in [4.78, 5) is 0. The lowest BCUT2D eigenvalue weighted by molar-refractivity contribution is 0.490. The molecule has 0 saturated heterocycles. The number of anilines is 1. The van der Waals surface area contributed by atoms with Crippen molar-refractivity contribution in [3.8, 4) is 0 Å². The van der Waals surface area contributed by atoms with Crippen LogP contribution in [0.25, 0.3) is 0 Å². The van der Waals surface area contributed by atoms with E-state index in [1.807, 2.05) is 30.3 Å². The molecule has 2 nitrogen and oxygen atoms in total. The predicted octanol–water partition coefficient (Wildman–Crippen LogP) is 3.94. The van der Waals surface area contributed by atoms with Crippen molar-refractivity contribution in [1.82, 2.24) is 5.32 Å². The molecule has 0 aromatic heterocycles. The molecule has 1 aromatic rings. The van der Waals surface area contributed by atoms with Gasteiger partial charge in [0.15, 0.2) is 5.11 Å². The van der Waals surface area contributed by atoms with Gasteiger partial charge in [0.05, 0.1) is 0 Å². The molecule has 3 heteroatoms. The third-order valence-electron chi connectivity index (χ3n) is 3.62. The average Bonchev–Trinajstić information content (AvgIpc) is 2.56. The van der Waals surface area contributed by atoms with Gasteiger partial charge in [-0.15, -0.1) is 0 Å². The Kier molecular flexibility index (Phi) is 5.00. The van der Waals surface area contributed by atoms with E-state index in [2.05, 4.69) is 17.6 Å². The zero-order valence-corrected chi connectivity index (χ0v) is 11.8. The maximum absolute atomic E-state index is 5.37. The van der Waals surface area contributed by atoms with E-state index in [0.29, 0.717) is 6.04 Å². The predicted molar refractivity (Wildman–Crippen MR) is 81.8 cm³/mol. The smallest absolute Gasteiger partial charge is 0.170 e. The van der Waals surface area contributed by atoms with E-state index in [-0.39, 0.29) is 0 Å². The molecule has 1 aromatic carbocycles. The lowest BCUT2D eigenvalue weighted by atomic mass is 10.0. The monoisotopic (exact) mass is 262 g/mol. The Bertz CT molecular complexity index is 377. The Balaban J connectivity index is 1.80. The van der Waals surface area contributed by atoms with E-state index in [1.54, 1.807) is 0 Å². The summed E-state index contributed by atoms with van der Waals surface area (Å²) >= 11 is 5.37. The summed E-state index contributed by atoms with van der Waals surface area (Å²) in [7, 11) is 0. The van der Waals surface area contributed by atoms with Crippen LogP contribution in [0.3, 0.4) is 0 Å². The molecule has 0 heterocycles. The first-order chi connectivity index (χ1) is 8.74. The second-order valence-corrected chi connectivity index (χ2v) is 5.68. The second-order valence-electron chi connectivity index (χ2n) is 5.27. The van der Waals surface area contributed by atoms with Crippen molar-refractivity contribution in [2.45, 2.75) is 45.1 Å². The van der Waals surface area contributed by atoms with E-state index in [4.69, 9.17) is 12.2 Å². The molecule has 0 radical (unpaired) electrons. The van der Waals surface area contributed by atoms with Crippen LogP contribution in [-0.4, -0.2) is 11.2 Å². The third-order valence-corrected chi connectivity index (χ3v) is 3.84. The van der Waals surface area contributed by atoms with Crippen LogP contribution < -0.4 is 10.6 Å². The molecular formula is C15H22N2S. The molecule has 0 spiro atoms. The molecule has 2 atom stereocenters. The number of nitrogens with one attached hydrogen (secondary N) is 2. The number of para-hydroxylation sites is 1. The molecule has 1 fully saturated rings. The summed E-state index contributed by atoms with van der Waals surface area (Å²) in [6, 6.07) is 10.6. The first-order valence-electron chi connectivity index (χ1n) is 6.86. The fraction of sp³-hybridized carbons (Fsp3) is 0.533. The van der Waals surface area contributed by atoms with E-state index >= 15 is 0 Å². The second kappa shape index (κ2) is 6.74. The zero-order chi connectivity index (χ0) is 12.8. The van der Waals surface area contributed by atoms with Gasteiger partial charge in [-0.1, -0.05) is 38.0 Å². The SMILES string of the molecule is CC1CCCC(NC(=S)Nc2ccccc2)CC1. The summed E-state index contributed by atoms with van der Waals surface area (Å²) in [5.74, 6) is 0.868. The maximum Gasteiger partial charge on any atom is 0.170 e. The van der Waals surface area contributed by atoms with Gasteiger partial charge < -0.3 is 10.6 Å². The van der Waals surface area contributed by atoms with Crippen LogP contribution in [0, 0.1) is 5.92 Å². The number of rotatable bonds is 2. The van der Waals surface area contributed by atoms with Gasteiger partial charge in [0.25, 0.3) is 0 Å². The highest BCUT2D eigenvalue weighted by molar-refractivity contribution is 7.80. The molecule has 0 aliphatic heterocycles. The van der Waals surface area contributed by atoms with Gasteiger partial charge in [-0.2, -0.15) is 0 Å². The molecule has 2 N–H and O–H groups in total. The molecule has 18 heavy (non-hydrogen) atoms. The van der Waals surface area contributed by atoms with Crippen molar-refractivity contribution in [2.24, 2.45) is 5.92 Å². The van der Waals surface area contributed by atoms with Crippen molar-refractivity contribution >= 4 is 23.0 Å². The maximum atomic E-state index is 5.37. The molecule has 0 amide bonds. The molecule has 1 aliphatic carbocycles.